The lowest BCUT2D eigenvalue weighted by molar-refractivity contribution is -0.131. The molecule has 0 radical (unpaired) electrons. The van der Waals surface area contributed by atoms with E-state index >= 15 is 0 Å². The van der Waals surface area contributed by atoms with Gasteiger partial charge in [-0.1, -0.05) is 28.1 Å². The van der Waals surface area contributed by atoms with Crippen molar-refractivity contribution in [3.63, 3.8) is 0 Å². The summed E-state index contributed by atoms with van der Waals surface area (Å²) in [7, 11) is 1.88. The molecule has 1 aromatic carbocycles. The quantitative estimate of drug-likeness (QED) is 0.926. The van der Waals surface area contributed by atoms with Gasteiger partial charge < -0.3 is 10.2 Å². The van der Waals surface area contributed by atoms with Gasteiger partial charge in [0.15, 0.2) is 0 Å². The van der Waals surface area contributed by atoms with Crippen molar-refractivity contribution in [1.29, 1.82) is 0 Å². The maximum absolute atomic E-state index is 12.1. The van der Waals surface area contributed by atoms with Crippen LogP contribution in [0.4, 0.5) is 0 Å². The van der Waals surface area contributed by atoms with Gasteiger partial charge in [0.1, 0.15) is 0 Å². The minimum Gasteiger partial charge on any atom is -0.341 e. The molecule has 1 fully saturated rings. The summed E-state index contributed by atoms with van der Waals surface area (Å²) in [5.74, 6) is 0.761. The molecule has 1 unspecified atom stereocenters. The molecule has 1 N–H and O–H groups in total. The Morgan fingerprint density at radius 3 is 2.78 bits per heavy atom. The van der Waals surface area contributed by atoms with Crippen molar-refractivity contribution in [2.24, 2.45) is 5.92 Å². The second-order valence-corrected chi connectivity index (χ2v) is 5.85. The van der Waals surface area contributed by atoms with E-state index in [-0.39, 0.29) is 5.91 Å². The third-order valence-electron chi connectivity index (χ3n) is 3.38. The lowest BCUT2D eigenvalue weighted by atomic mass is 10.0. The van der Waals surface area contributed by atoms with Gasteiger partial charge in [0.05, 0.1) is 0 Å². The highest BCUT2D eigenvalue weighted by atomic mass is 79.9. The summed E-state index contributed by atoms with van der Waals surface area (Å²) >= 11 is 3.41. The lowest BCUT2D eigenvalue weighted by Gasteiger charge is -2.19. The van der Waals surface area contributed by atoms with Crippen LogP contribution in [0.3, 0.4) is 0 Å². The van der Waals surface area contributed by atoms with Gasteiger partial charge in [-0.2, -0.15) is 0 Å². The highest BCUT2D eigenvalue weighted by molar-refractivity contribution is 9.10. The van der Waals surface area contributed by atoms with E-state index in [2.05, 4.69) is 21.2 Å². The molecule has 1 heterocycles. The molecule has 0 aliphatic carbocycles. The van der Waals surface area contributed by atoms with Crippen LogP contribution < -0.4 is 5.32 Å². The van der Waals surface area contributed by atoms with Crippen LogP contribution in [-0.2, 0) is 11.3 Å². The molecule has 0 bridgehead atoms. The van der Waals surface area contributed by atoms with Gasteiger partial charge in [-0.15, -0.1) is 0 Å². The standard InChI is InChI=1S/C14H19BrN2O/c1-17(10-11-2-4-13(15)5-3-11)14(18)8-12-6-7-16-9-12/h2-5,12,16H,6-10H2,1H3. The van der Waals surface area contributed by atoms with Crippen LogP contribution in [0, 0.1) is 5.92 Å². The first-order valence-corrected chi connectivity index (χ1v) is 7.13. The van der Waals surface area contributed by atoms with Gasteiger partial charge in [-0.25, -0.2) is 0 Å². The number of hydrogen-bond donors (Lipinski definition) is 1. The number of hydrogen-bond acceptors (Lipinski definition) is 2. The highest BCUT2D eigenvalue weighted by Crippen LogP contribution is 2.15. The lowest BCUT2D eigenvalue weighted by Crippen LogP contribution is -2.28. The Bertz CT molecular complexity index is 399. The number of nitrogens with zero attached hydrogens (tertiary/aromatic N) is 1. The number of halogens is 1. The summed E-state index contributed by atoms with van der Waals surface area (Å²) < 4.78 is 1.07. The Hall–Kier alpha value is -0.870. The SMILES string of the molecule is CN(Cc1ccc(Br)cc1)C(=O)CC1CCNC1. The number of nitrogens with one attached hydrogen (secondary N) is 1. The molecule has 1 amide bonds. The van der Waals surface area contributed by atoms with Gasteiger partial charge in [0, 0.05) is 24.5 Å². The summed E-state index contributed by atoms with van der Waals surface area (Å²) in [6.07, 6.45) is 1.79. The van der Waals surface area contributed by atoms with Gasteiger partial charge in [0.25, 0.3) is 0 Å². The molecular formula is C14H19BrN2O. The molecule has 1 aliphatic heterocycles. The van der Waals surface area contributed by atoms with E-state index in [1.165, 1.54) is 5.56 Å². The molecule has 0 saturated carbocycles. The van der Waals surface area contributed by atoms with Crippen molar-refractivity contribution in [2.75, 3.05) is 20.1 Å². The molecule has 1 aromatic rings. The zero-order valence-electron chi connectivity index (χ0n) is 10.7. The topological polar surface area (TPSA) is 32.3 Å². The Morgan fingerprint density at radius 1 is 1.44 bits per heavy atom. The Morgan fingerprint density at radius 2 is 2.17 bits per heavy atom. The van der Waals surface area contributed by atoms with Crippen LogP contribution in [0.1, 0.15) is 18.4 Å². The maximum Gasteiger partial charge on any atom is 0.222 e. The zero-order chi connectivity index (χ0) is 13.0. The zero-order valence-corrected chi connectivity index (χ0v) is 12.2. The largest absolute Gasteiger partial charge is 0.341 e. The first-order valence-electron chi connectivity index (χ1n) is 6.34. The Labute approximate surface area is 117 Å². The molecular weight excluding hydrogens is 292 g/mol. The minimum atomic E-state index is 0.242. The second-order valence-electron chi connectivity index (χ2n) is 4.94. The first-order chi connectivity index (χ1) is 8.65. The van der Waals surface area contributed by atoms with Crippen molar-refractivity contribution in [1.82, 2.24) is 10.2 Å². The third-order valence-corrected chi connectivity index (χ3v) is 3.91. The monoisotopic (exact) mass is 310 g/mol. The van der Waals surface area contributed by atoms with Crippen molar-refractivity contribution in [3.8, 4) is 0 Å². The average Bonchev–Trinajstić information content (AvgIpc) is 2.85. The second kappa shape index (κ2) is 6.34. The van der Waals surface area contributed by atoms with Gasteiger partial charge in [-0.3, -0.25) is 4.79 Å². The Kier molecular flexibility index (Phi) is 4.78. The molecule has 3 nitrogen and oxygen atoms in total. The van der Waals surface area contributed by atoms with Crippen LogP contribution in [0.5, 0.6) is 0 Å². The molecule has 1 aliphatic rings. The molecule has 98 valence electrons. The normalized spacial score (nSPS) is 18.9. The summed E-state index contributed by atoms with van der Waals surface area (Å²) in [6, 6.07) is 8.11. The van der Waals surface area contributed by atoms with Crippen LogP contribution in [0.25, 0.3) is 0 Å². The fourth-order valence-electron chi connectivity index (χ4n) is 2.24. The smallest absolute Gasteiger partial charge is 0.222 e. The van der Waals surface area contributed by atoms with E-state index in [1.54, 1.807) is 0 Å². The highest BCUT2D eigenvalue weighted by Gasteiger charge is 2.20. The average molecular weight is 311 g/mol. The predicted molar refractivity (Wildman–Crippen MR) is 76.2 cm³/mol. The number of benzene rings is 1. The molecule has 0 aromatic heterocycles. The molecule has 2 rings (SSSR count). The number of carbonyl (C=O) groups excluding carboxylic acids is 1. The van der Waals surface area contributed by atoms with Crippen molar-refractivity contribution in [2.45, 2.75) is 19.4 Å². The number of rotatable bonds is 4. The van der Waals surface area contributed by atoms with Crippen LogP contribution in [-0.4, -0.2) is 30.9 Å². The van der Waals surface area contributed by atoms with Crippen LogP contribution >= 0.6 is 15.9 Å². The summed E-state index contributed by atoms with van der Waals surface area (Å²) in [4.78, 5) is 13.9. The summed E-state index contributed by atoms with van der Waals surface area (Å²) in [5, 5.41) is 3.30. The minimum absolute atomic E-state index is 0.242. The molecule has 0 spiro atoms. The number of carbonyl (C=O) groups is 1. The molecule has 1 atom stereocenters. The molecule has 4 heteroatoms. The van der Waals surface area contributed by atoms with Gasteiger partial charge >= 0.3 is 0 Å². The third kappa shape index (κ3) is 3.82. The van der Waals surface area contributed by atoms with Crippen LogP contribution in [0.2, 0.25) is 0 Å². The van der Waals surface area contributed by atoms with E-state index in [0.29, 0.717) is 18.9 Å². The van der Waals surface area contributed by atoms with E-state index < -0.39 is 0 Å². The van der Waals surface area contributed by atoms with E-state index in [9.17, 15) is 4.79 Å². The maximum atomic E-state index is 12.1. The van der Waals surface area contributed by atoms with Gasteiger partial charge in [-0.05, 0) is 43.1 Å². The predicted octanol–water partition coefficient (Wildman–Crippen LogP) is 2.41. The molecule has 1 saturated heterocycles. The van der Waals surface area contributed by atoms with E-state index in [0.717, 1.165) is 24.0 Å². The first kappa shape index (κ1) is 13.6. The summed E-state index contributed by atoms with van der Waals surface area (Å²) in [5.41, 5.74) is 1.17. The van der Waals surface area contributed by atoms with Crippen molar-refractivity contribution in [3.05, 3.63) is 34.3 Å². The van der Waals surface area contributed by atoms with Crippen molar-refractivity contribution < 1.29 is 4.79 Å². The van der Waals surface area contributed by atoms with Crippen molar-refractivity contribution >= 4 is 21.8 Å². The van der Waals surface area contributed by atoms with Crippen LogP contribution in [0.15, 0.2) is 28.7 Å². The fraction of sp³-hybridized carbons (Fsp3) is 0.500. The summed E-state index contributed by atoms with van der Waals surface area (Å²) in [6.45, 7) is 2.72. The fourth-order valence-corrected chi connectivity index (χ4v) is 2.51. The van der Waals surface area contributed by atoms with Gasteiger partial charge in [0.2, 0.25) is 5.91 Å². The van der Waals surface area contributed by atoms with E-state index in [4.69, 9.17) is 0 Å². The Balaban J connectivity index is 1.84. The number of amides is 1. The van der Waals surface area contributed by atoms with E-state index in [1.807, 2.05) is 36.2 Å². The molecule has 18 heavy (non-hydrogen) atoms.